The number of carbonyl (C=O) groups is 3. The van der Waals surface area contributed by atoms with Crippen molar-refractivity contribution >= 4 is 40.2 Å². The second-order valence-corrected chi connectivity index (χ2v) is 7.93. The molecule has 0 aromatic heterocycles. The maximum atomic E-state index is 12.3. The summed E-state index contributed by atoms with van der Waals surface area (Å²) in [6.45, 7) is 10.7. The second kappa shape index (κ2) is 7.36. The van der Waals surface area contributed by atoms with Crippen LogP contribution in [0.4, 0.5) is 0 Å². The highest BCUT2D eigenvalue weighted by Crippen LogP contribution is 2.26. The number of nitrogens with zero attached hydrogens (tertiary/aromatic N) is 1. The Bertz CT molecular complexity index is 344. The van der Waals surface area contributed by atoms with E-state index in [1.54, 1.807) is 27.7 Å². The lowest BCUT2D eigenvalue weighted by molar-refractivity contribution is -0.148. The Morgan fingerprint density at radius 2 is 1.42 bits per heavy atom. The highest BCUT2D eigenvalue weighted by molar-refractivity contribution is 14.1. The number of hydrogen-bond donors (Lipinski definition) is 0. The fourth-order valence-electron chi connectivity index (χ4n) is 1.92. The SMILES string of the molecule is CCC(=O)N(C(=O)CC)C(C)C(C)C(=O)C(C)(C)I. The van der Waals surface area contributed by atoms with Gasteiger partial charge in [0.05, 0.1) is 3.42 Å². The largest absolute Gasteiger partial charge is 0.298 e. The average molecular weight is 381 g/mol. The lowest BCUT2D eigenvalue weighted by Crippen LogP contribution is -2.49. The van der Waals surface area contributed by atoms with Crippen LogP contribution in [0.3, 0.4) is 0 Å². The Hall–Kier alpha value is -0.460. The summed E-state index contributed by atoms with van der Waals surface area (Å²) >= 11 is 2.09. The van der Waals surface area contributed by atoms with E-state index < -0.39 is 9.46 Å². The van der Waals surface area contributed by atoms with Crippen LogP contribution in [0.1, 0.15) is 54.4 Å². The quantitative estimate of drug-likeness (QED) is 0.525. The summed E-state index contributed by atoms with van der Waals surface area (Å²) in [7, 11) is 0. The standard InChI is InChI=1S/C14H24INO3/c1-7-11(17)16(12(18)8-2)10(4)9(3)13(19)14(5,6)15/h9-10H,7-8H2,1-6H3. The van der Waals surface area contributed by atoms with Crippen LogP contribution in [-0.2, 0) is 14.4 Å². The number of ketones is 1. The van der Waals surface area contributed by atoms with Crippen LogP contribution < -0.4 is 0 Å². The Morgan fingerprint density at radius 3 is 1.68 bits per heavy atom. The predicted molar refractivity (Wildman–Crippen MR) is 84.2 cm³/mol. The van der Waals surface area contributed by atoms with E-state index in [4.69, 9.17) is 0 Å². The van der Waals surface area contributed by atoms with Gasteiger partial charge in [0.25, 0.3) is 0 Å². The molecule has 0 aliphatic heterocycles. The maximum absolute atomic E-state index is 12.3. The summed E-state index contributed by atoms with van der Waals surface area (Å²) in [4.78, 5) is 37.4. The van der Waals surface area contributed by atoms with Crippen LogP contribution >= 0.6 is 22.6 Å². The molecule has 2 unspecified atom stereocenters. The number of amides is 2. The Morgan fingerprint density at radius 1 is 1.05 bits per heavy atom. The first-order valence-electron chi connectivity index (χ1n) is 6.65. The smallest absolute Gasteiger partial charge is 0.229 e. The Balaban J connectivity index is 5.21. The molecule has 0 bridgehead atoms. The first kappa shape index (κ1) is 18.5. The second-order valence-electron chi connectivity index (χ2n) is 5.23. The number of alkyl halides is 1. The van der Waals surface area contributed by atoms with Gasteiger partial charge in [0.15, 0.2) is 5.78 Å². The summed E-state index contributed by atoms with van der Waals surface area (Å²) in [5.41, 5.74) is 0. The third kappa shape index (κ3) is 4.85. The van der Waals surface area contributed by atoms with Crippen molar-refractivity contribution in [3.63, 3.8) is 0 Å². The van der Waals surface area contributed by atoms with Crippen LogP contribution in [0.25, 0.3) is 0 Å². The molecule has 2 atom stereocenters. The Labute approximate surface area is 129 Å². The molecule has 0 aromatic carbocycles. The molecule has 0 aliphatic rings. The molecule has 0 saturated carbocycles. The van der Waals surface area contributed by atoms with Gasteiger partial charge in [-0.15, -0.1) is 0 Å². The van der Waals surface area contributed by atoms with Crippen LogP contribution in [0, 0.1) is 5.92 Å². The third-order valence-corrected chi connectivity index (χ3v) is 3.80. The summed E-state index contributed by atoms with van der Waals surface area (Å²) in [6, 6.07) is -0.401. The van der Waals surface area contributed by atoms with Crippen molar-refractivity contribution in [2.24, 2.45) is 5.92 Å². The zero-order chi connectivity index (χ0) is 15.4. The topological polar surface area (TPSA) is 54.5 Å². The van der Waals surface area contributed by atoms with E-state index in [0.717, 1.165) is 0 Å². The minimum absolute atomic E-state index is 0.0541. The highest BCUT2D eigenvalue weighted by Gasteiger charge is 2.36. The van der Waals surface area contributed by atoms with Gasteiger partial charge in [-0.25, -0.2) is 0 Å². The maximum Gasteiger partial charge on any atom is 0.229 e. The predicted octanol–water partition coefficient (Wildman–Crippen LogP) is 2.97. The Kier molecular flexibility index (Phi) is 7.18. The fourth-order valence-corrected chi connectivity index (χ4v) is 2.41. The molecule has 110 valence electrons. The van der Waals surface area contributed by atoms with Crippen molar-refractivity contribution in [1.29, 1.82) is 0 Å². The first-order valence-corrected chi connectivity index (χ1v) is 7.73. The number of rotatable bonds is 6. The van der Waals surface area contributed by atoms with E-state index in [1.807, 2.05) is 13.8 Å². The van der Waals surface area contributed by atoms with Crippen molar-refractivity contribution in [2.45, 2.75) is 63.8 Å². The molecule has 4 nitrogen and oxygen atoms in total. The minimum atomic E-state index is -0.498. The molecule has 0 aliphatic carbocycles. The number of Topliss-reactive ketones (excluding diaryl/α,β-unsaturated/α-hetero) is 1. The van der Waals surface area contributed by atoms with E-state index in [1.165, 1.54) is 4.90 Å². The summed E-state index contributed by atoms with van der Waals surface area (Å²) in [5.74, 6) is -0.744. The van der Waals surface area contributed by atoms with Crippen molar-refractivity contribution < 1.29 is 14.4 Å². The molecule has 19 heavy (non-hydrogen) atoms. The van der Waals surface area contributed by atoms with Crippen LogP contribution in [-0.4, -0.2) is 32.0 Å². The molecular formula is C14H24INO3. The lowest BCUT2D eigenvalue weighted by Gasteiger charge is -2.33. The van der Waals surface area contributed by atoms with Crippen molar-refractivity contribution in [3.8, 4) is 0 Å². The van der Waals surface area contributed by atoms with Crippen molar-refractivity contribution in [2.75, 3.05) is 0 Å². The number of imide groups is 1. The van der Waals surface area contributed by atoms with E-state index in [9.17, 15) is 14.4 Å². The molecular weight excluding hydrogens is 357 g/mol. The number of carbonyl (C=O) groups excluding carboxylic acids is 3. The average Bonchev–Trinajstić information content (AvgIpc) is 2.35. The van der Waals surface area contributed by atoms with Gasteiger partial charge in [-0.2, -0.15) is 0 Å². The molecule has 0 spiro atoms. The fraction of sp³-hybridized carbons (Fsp3) is 0.786. The van der Waals surface area contributed by atoms with Gasteiger partial charge in [0.2, 0.25) is 11.8 Å². The van der Waals surface area contributed by atoms with Crippen LogP contribution in [0.15, 0.2) is 0 Å². The molecule has 5 heteroatoms. The van der Waals surface area contributed by atoms with E-state index in [0.29, 0.717) is 0 Å². The van der Waals surface area contributed by atoms with Gasteiger partial charge in [-0.05, 0) is 20.8 Å². The van der Waals surface area contributed by atoms with Crippen LogP contribution in [0.5, 0.6) is 0 Å². The van der Waals surface area contributed by atoms with Gasteiger partial charge in [0.1, 0.15) is 0 Å². The third-order valence-electron chi connectivity index (χ3n) is 3.27. The molecule has 0 heterocycles. The number of halogens is 1. The van der Waals surface area contributed by atoms with Crippen molar-refractivity contribution in [1.82, 2.24) is 4.90 Å². The minimum Gasteiger partial charge on any atom is -0.298 e. The molecule has 2 amide bonds. The molecule has 0 N–H and O–H groups in total. The normalized spacial score (nSPS) is 14.7. The van der Waals surface area contributed by atoms with Crippen molar-refractivity contribution in [3.05, 3.63) is 0 Å². The van der Waals surface area contributed by atoms with E-state index >= 15 is 0 Å². The first-order chi connectivity index (χ1) is 8.57. The van der Waals surface area contributed by atoms with E-state index in [-0.39, 0.29) is 36.4 Å². The highest BCUT2D eigenvalue weighted by atomic mass is 127. The lowest BCUT2D eigenvalue weighted by atomic mass is 9.90. The monoisotopic (exact) mass is 381 g/mol. The molecule has 0 saturated heterocycles. The van der Waals surface area contributed by atoms with Crippen LogP contribution in [0.2, 0.25) is 0 Å². The van der Waals surface area contributed by atoms with Gasteiger partial charge in [-0.3, -0.25) is 19.3 Å². The van der Waals surface area contributed by atoms with Gasteiger partial charge in [0, 0.05) is 24.8 Å². The zero-order valence-corrected chi connectivity index (χ0v) is 14.8. The summed E-state index contributed by atoms with van der Waals surface area (Å²) < 4.78 is -0.498. The van der Waals surface area contributed by atoms with Gasteiger partial charge >= 0.3 is 0 Å². The van der Waals surface area contributed by atoms with Gasteiger partial charge in [-0.1, -0.05) is 43.4 Å². The molecule has 0 radical (unpaired) electrons. The molecule has 0 fully saturated rings. The molecule has 0 aromatic rings. The number of hydrogen-bond acceptors (Lipinski definition) is 3. The van der Waals surface area contributed by atoms with Gasteiger partial charge < -0.3 is 0 Å². The summed E-state index contributed by atoms with van der Waals surface area (Å²) in [6.07, 6.45) is 0.537. The summed E-state index contributed by atoms with van der Waals surface area (Å²) in [5, 5.41) is 0. The zero-order valence-electron chi connectivity index (χ0n) is 12.6. The van der Waals surface area contributed by atoms with E-state index in [2.05, 4.69) is 22.6 Å². The molecule has 0 rings (SSSR count).